The average Bonchev–Trinajstić information content (AvgIpc) is 2.12. The van der Waals surface area contributed by atoms with Crippen LogP contribution < -0.4 is 0 Å². The van der Waals surface area contributed by atoms with Gasteiger partial charge in [0, 0.05) is 5.56 Å². The number of fused-ring (bicyclic) bond motifs is 1. The van der Waals surface area contributed by atoms with Gasteiger partial charge in [0.25, 0.3) is 0 Å². The number of halogens is 1. The van der Waals surface area contributed by atoms with Crippen LogP contribution in [-0.2, 0) is 0 Å². The normalized spacial score (nSPS) is 20.8. The largest absolute Gasteiger partial charge is 0.300 e. The SMILES string of the molecule is N=C1C=CC(Cl)c2ccccc21. The van der Waals surface area contributed by atoms with E-state index in [-0.39, 0.29) is 5.38 Å². The highest BCUT2D eigenvalue weighted by atomic mass is 35.5. The van der Waals surface area contributed by atoms with Crippen molar-refractivity contribution in [3.63, 3.8) is 0 Å². The maximum absolute atomic E-state index is 7.62. The Bertz CT molecular complexity index is 355. The van der Waals surface area contributed by atoms with E-state index < -0.39 is 0 Å². The molecular weight excluding hydrogens is 170 g/mol. The van der Waals surface area contributed by atoms with E-state index in [9.17, 15) is 0 Å². The van der Waals surface area contributed by atoms with E-state index in [1.54, 1.807) is 6.08 Å². The lowest BCUT2D eigenvalue weighted by Crippen LogP contribution is -2.06. The minimum absolute atomic E-state index is 0.0738. The molecule has 1 aromatic carbocycles. The van der Waals surface area contributed by atoms with Crippen molar-refractivity contribution in [3.8, 4) is 0 Å². The third-order valence-corrected chi connectivity index (χ3v) is 2.36. The summed E-state index contributed by atoms with van der Waals surface area (Å²) in [7, 11) is 0. The van der Waals surface area contributed by atoms with E-state index in [2.05, 4.69) is 0 Å². The highest BCUT2D eigenvalue weighted by Gasteiger charge is 2.15. The summed E-state index contributed by atoms with van der Waals surface area (Å²) in [6, 6.07) is 7.76. The number of benzene rings is 1. The van der Waals surface area contributed by atoms with Crippen molar-refractivity contribution in [2.24, 2.45) is 0 Å². The molecule has 0 aromatic heterocycles. The van der Waals surface area contributed by atoms with Crippen LogP contribution in [0.15, 0.2) is 36.4 Å². The zero-order valence-electron chi connectivity index (χ0n) is 6.42. The van der Waals surface area contributed by atoms with E-state index in [1.807, 2.05) is 30.3 Å². The van der Waals surface area contributed by atoms with Crippen molar-refractivity contribution in [1.82, 2.24) is 0 Å². The van der Waals surface area contributed by atoms with Crippen LogP contribution in [-0.4, -0.2) is 5.71 Å². The van der Waals surface area contributed by atoms with Gasteiger partial charge in [-0.25, -0.2) is 0 Å². The Hall–Kier alpha value is -1.08. The van der Waals surface area contributed by atoms with E-state index in [1.165, 1.54) is 0 Å². The first-order valence-corrected chi connectivity index (χ1v) is 4.23. The summed E-state index contributed by atoms with van der Waals surface area (Å²) >= 11 is 6.03. The first-order chi connectivity index (χ1) is 5.79. The second-order valence-electron chi connectivity index (χ2n) is 2.76. The summed E-state index contributed by atoms with van der Waals surface area (Å²) in [5.74, 6) is 0. The maximum atomic E-state index is 7.62. The molecule has 1 aliphatic rings. The van der Waals surface area contributed by atoms with Crippen LogP contribution in [0.1, 0.15) is 16.5 Å². The number of alkyl halides is 1. The van der Waals surface area contributed by atoms with Crippen LogP contribution in [0, 0.1) is 5.41 Å². The topological polar surface area (TPSA) is 23.9 Å². The number of rotatable bonds is 0. The fraction of sp³-hybridized carbons (Fsp3) is 0.100. The first-order valence-electron chi connectivity index (χ1n) is 3.79. The van der Waals surface area contributed by atoms with Gasteiger partial charge in [-0.15, -0.1) is 11.6 Å². The highest BCUT2D eigenvalue weighted by Crippen LogP contribution is 2.29. The van der Waals surface area contributed by atoms with Gasteiger partial charge in [-0.2, -0.15) is 0 Å². The molecule has 0 spiro atoms. The zero-order valence-corrected chi connectivity index (χ0v) is 7.18. The lowest BCUT2D eigenvalue weighted by atomic mass is 9.95. The molecule has 0 aliphatic heterocycles. The predicted molar refractivity (Wildman–Crippen MR) is 51.0 cm³/mol. The van der Waals surface area contributed by atoms with Gasteiger partial charge in [0.05, 0.1) is 11.1 Å². The fourth-order valence-electron chi connectivity index (χ4n) is 1.36. The molecule has 0 saturated carbocycles. The van der Waals surface area contributed by atoms with Crippen LogP contribution in [0.3, 0.4) is 0 Å². The number of hydrogen-bond donors (Lipinski definition) is 1. The third kappa shape index (κ3) is 1.07. The minimum Gasteiger partial charge on any atom is -0.300 e. The van der Waals surface area contributed by atoms with Gasteiger partial charge < -0.3 is 5.41 Å². The molecule has 0 radical (unpaired) electrons. The Morgan fingerprint density at radius 3 is 2.75 bits per heavy atom. The molecule has 2 rings (SSSR count). The zero-order chi connectivity index (χ0) is 8.55. The molecule has 0 fully saturated rings. The van der Waals surface area contributed by atoms with Crippen molar-refractivity contribution < 1.29 is 0 Å². The molecule has 1 aliphatic carbocycles. The molecule has 1 atom stereocenters. The molecule has 1 nitrogen and oxygen atoms in total. The monoisotopic (exact) mass is 177 g/mol. The lowest BCUT2D eigenvalue weighted by molar-refractivity contribution is 1.18. The van der Waals surface area contributed by atoms with Crippen molar-refractivity contribution in [1.29, 1.82) is 5.41 Å². The van der Waals surface area contributed by atoms with Gasteiger partial charge in [0.15, 0.2) is 0 Å². The Morgan fingerprint density at radius 1 is 1.25 bits per heavy atom. The predicted octanol–water partition coefficient (Wildman–Crippen LogP) is 2.90. The van der Waals surface area contributed by atoms with Crippen LogP contribution in [0.4, 0.5) is 0 Å². The maximum Gasteiger partial charge on any atom is 0.0776 e. The summed E-state index contributed by atoms with van der Waals surface area (Å²) in [6.45, 7) is 0. The molecule has 0 heterocycles. The van der Waals surface area contributed by atoms with Crippen LogP contribution in [0.5, 0.6) is 0 Å². The highest BCUT2D eigenvalue weighted by molar-refractivity contribution is 6.24. The minimum atomic E-state index is -0.0738. The molecule has 1 N–H and O–H groups in total. The van der Waals surface area contributed by atoms with Crippen LogP contribution in [0.2, 0.25) is 0 Å². The van der Waals surface area contributed by atoms with Gasteiger partial charge in [0.1, 0.15) is 0 Å². The number of nitrogens with one attached hydrogen (secondary N) is 1. The van der Waals surface area contributed by atoms with Crippen LogP contribution >= 0.6 is 11.6 Å². The third-order valence-electron chi connectivity index (χ3n) is 1.98. The van der Waals surface area contributed by atoms with Crippen LogP contribution in [0.25, 0.3) is 0 Å². The first kappa shape index (κ1) is 7.56. The summed E-state index contributed by atoms with van der Waals surface area (Å²) in [5, 5.41) is 7.54. The van der Waals surface area contributed by atoms with Gasteiger partial charge in [-0.1, -0.05) is 30.3 Å². The van der Waals surface area contributed by atoms with Gasteiger partial charge >= 0.3 is 0 Å². The van der Waals surface area contributed by atoms with Gasteiger partial charge in [0.2, 0.25) is 0 Å². The summed E-state index contributed by atoms with van der Waals surface area (Å²) in [5.41, 5.74) is 2.52. The second-order valence-corrected chi connectivity index (χ2v) is 3.23. The Balaban J connectivity index is 2.61. The van der Waals surface area contributed by atoms with Gasteiger partial charge in [-0.3, -0.25) is 0 Å². The van der Waals surface area contributed by atoms with Crippen molar-refractivity contribution in [2.75, 3.05) is 0 Å². The smallest absolute Gasteiger partial charge is 0.0776 e. The van der Waals surface area contributed by atoms with Crippen molar-refractivity contribution in [2.45, 2.75) is 5.38 Å². The fourth-order valence-corrected chi connectivity index (χ4v) is 1.62. The molecule has 0 bridgehead atoms. The standard InChI is InChI=1S/C10H8ClN/c11-9-5-6-10(12)8-4-2-1-3-7(8)9/h1-6,9,12H. The molecule has 1 unspecified atom stereocenters. The van der Waals surface area contributed by atoms with E-state index >= 15 is 0 Å². The van der Waals surface area contributed by atoms with Crippen molar-refractivity contribution >= 4 is 17.3 Å². The average molecular weight is 178 g/mol. The number of hydrogen-bond acceptors (Lipinski definition) is 1. The molecule has 12 heavy (non-hydrogen) atoms. The van der Waals surface area contributed by atoms with Gasteiger partial charge in [-0.05, 0) is 11.6 Å². The summed E-state index contributed by atoms with van der Waals surface area (Å²) in [4.78, 5) is 0. The Labute approximate surface area is 76.2 Å². The van der Waals surface area contributed by atoms with E-state index in [0.717, 1.165) is 11.1 Å². The summed E-state index contributed by atoms with van der Waals surface area (Å²) < 4.78 is 0. The molecule has 0 saturated heterocycles. The van der Waals surface area contributed by atoms with E-state index in [0.29, 0.717) is 5.71 Å². The number of allylic oxidation sites excluding steroid dienone is 2. The molecule has 1 aromatic rings. The molecule has 0 amide bonds. The Morgan fingerprint density at radius 2 is 2.00 bits per heavy atom. The lowest BCUT2D eigenvalue weighted by Gasteiger charge is -2.15. The molecular formula is C10H8ClN. The van der Waals surface area contributed by atoms with Crippen molar-refractivity contribution in [3.05, 3.63) is 47.5 Å². The molecule has 60 valence electrons. The second kappa shape index (κ2) is 2.76. The summed E-state index contributed by atoms with van der Waals surface area (Å²) in [6.07, 6.45) is 3.59. The Kier molecular flexibility index (Phi) is 1.74. The quantitative estimate of drug-likeness (QED) is 0.590. The van der Waals surface area contributed by atoms with E-state index in [4.69, 9.17) is 17.0 Å². The molecule has 2 heteroatoms.